The fourth-order valence-electron chi connectivity index (χ4n) is 2.69. The zero-order chi connectivity index (χ0) is 10.1. The maximum absolute atomic E-state index is 9.42. The highest BCUT2D eigenvalue weighted by Gasteiger charge is 2.35. The van der Waals surface area contributed by atoms with Gasteiger partial charge in [0, 0.05) is 19.1 Å². The van der Waals surface area contributed by atoms with E-state index in [0.29, 0.717) is 0 Å². The summed E-state index contributed by atoms with van der Waals surface area (Å²) < 4.78 is 0. The van der Waals surface area contributed by atoms with Gasteiger partial charge in [0.2, 0.25) is 0 Å². The molecule has 1 aliphatic carbocycles. The number of nitrogens with zero attached hydrogens (tertiary/aromatic N) is 1. The first-order valence-electron chi connectivity index (χ1n) is 6.09. The van der Waals surface area contributed by atoms with Gasteiger partial charge in [-0.05, 0) is 37.5 Å². The first-order valence-corrected chi connectivity index (χ1v) is 6.09. The third kappa shape index (κ3) is 2.12. The monoisotopic (exact) mass is 197 g/mol. The summed E-state index contributed by atoms with van der Waals surface area (Å²) >= 11 is 0. The summed E-state index contributed by atoms with van der Waals surface area (Å²) in [6.07, 6.45) is 4.47. The molecule has 0 aromatic rings. The van der Waals surface area contributed by atoms with E-state index in [1.165, 1.54) is 25.9 Å². The maximum atomic E-state index is 9.42. The third-order valence-electron chi connectivity index (χ3n) is 4.06. The van der Waals surface area contributed by atoms with E-state index in [4.69, 9.17) is 0 Å². The average molecular weight is 197 g/mol. The predicted molar refractivity (Wildman–Crippen MR) is 58.2 cm³/mol. The van der Waals surface area contributed by atoms with Crippen molar-refractivity contribution in [2.24, 2.45) is 11.8 Å². The molecule has 1 aliphatic heterocycles. The van der Waals surface area contributed by atoms with Crippen LogP contribution in [0.3, 0.4) is 0 Å². The van der Waals surface area contributed by atoms with Gasteiger partial charge in [0.1, 0.15) is 0 Å². The highest BCUT2D eigenvalue weighted by atomic mass is 16.3. The Morgan fingerprint density at radius 2 is 1.64 bits per heavy atom. The molecule has 14 heavy (non-hydrogen) atoms. The highest BCUT2D eigenvalue weighted by molar-refractivity contribution is 4.89. The molecule has 2 nitrogen and oxygen atoms in total. The second-order valence-electron chi connectivity index (χ2n) is 5.42. The van der Waals surface area contributed by atoms with Gasteiger partial charge >= 0.3 is 0 Å². The van der Waals surface area contributed by atoms with Gasteiger partial charge in [-0.15, -0.1) is 0 Å². The molecule has 82 valence electrons. The number of aliphatic hydroxyl groups is 1. The number of aliphatic hydroxyl groups excluding tert-OH is 1. The normalized spacial score (nSPS) is 36.0. The topological polar surface area (TPSA) is 23.5 Å². The van der Waals surface area contributed by atoms with Crippen molar-refractivity contribution < 1.29 is 5.11 Å². The number of hydrogen-bond acceptors (Lipinski definition) is 2. The highest BCUT2D eigenvalue weighted by Crippen LogP contribution is 2.31. The maximum Gasteiger partial charge on any atom is 0.0541 e. The van der Waals surface area contributed by atoms with Crippen LogP contribution in [0, 0.1) is 11.8 Å². The number of hydrogen-bond donors (Lipinski definition) is 1. The van der Waals surface area contributed by atoms with E-state index in [2.05, 4.69) is 18.7 Å². The minimum Gasteiger partial charge on any atom is -0.393 e. The average Bonchev–Trinajstić information content (AvgIpc) is 2.05. The van der Waals surface area contributed by atoms with E-state index >= 15 is 0 Å². The van der Waals surface area contributed by atoms with Crippen LogP contribution in [0.5, 0.6) is 0 Å². The second kappa shape index (κ2) is 4.19. The zero-order valence-corrected chi connectivity index (χ0v) is 9.45. The van der Waals surface area contributed by atoms with Crippen molar-refractivity contribution in [3.63, 3.8) is 0 Å². The first-order chi connectivity index (χ1) is 6.66. The van der Waals surface area contributed by atoms with Gasteiger partial charge in [-0.3, -0.25) is 4.90 Å². The Hall–Kier alpha value is -0.0800. The summed E-state index contributed by atoms with van der Waals surface area (Å²) in [5.41, 5.74) is 0. The molecule has 0 aromatic heterocycles. The van der Waals surface area contributed by atoms with Crippen molar-refractivity contribution in [3.8, 4) is 0 Å². The molecule has 0 spiro atoms. The SMILES string of the molecule is CC(C)C1CN(C2CCC(O)CC2)C1. The molecule has 2 aliphatic rings. The Bertz CT molecular complexity index is 179. The van der Waals surface area contributed by atoms with E-state index in [0.717, 1.165) is 30.7 Å². The molecule has 2 rings (SSSR count). The van der Waals surface area contributed by atoms with Gasteiger partial charge < -0.3 is 5.11 Å². The minimum atomic E-state index is -0.00609. The van der Waals surface area contributed by atoms with Gasteiger partial charge in [-0.1, -0.05) is 13.8 Å². The van der Waals surface area contributed by atoms with Gasteiger partial charge in [0.25, 0.3) is 0 Å². The lowest BCUT2D eigenvalue weighted by Crippen LogP contribution is -2.54. The molecule has 0 atom stereocenters. The van der Waals surface area contributed by atoms with Crippen molar-refractivity contribution in [2.45, 2.75) is 51.7 Å². The molecule has 2 fully saturated rings. The molecule has 1 N–H and O–H groups in total. The van der Waals surface area contributed by atoms with Crippen LogP contribution >= 0.6 is 0 Å². The smallest absolute Gasteiger partial charge is 0.0541 e. The second-order valence-corrected chi connectivity index (χ2v) is 5.42. The Balaban J connectivity index is 1.72. The van der Waals surface area contributed by atoms with Crippen molar-refractivity contribution >= 4 is 0 Å². The van der Waals surface area contributed by atoms with Crippen LogP contribution < -0.4 is 0 Å². The van der Waals surface area contributed by atoms with Crippen molar-refractivity contribution in [1.29, 1.82) is 0 Å². The molecule has 0 unspecified atom stereocenters. The van der Waals surface area contributed by atoms with E-state index in [-0.39, 0.29) is 6.10 Å². The van der Waals surface area contributed by atoms with Crippen LogP contribution in [0.15, 0.2) is 0 Å². The summed E-state index contributed by atoms with van der Waals surface area (Å²) in [7, 11) is 0. The summed E-state index contributed by atoms with van der Waals surface area (Å²) in [4.78, 5) is 2.62. The van der Waals surface area contributed by atoms with E-state index in [1.54, 1.807) is 0 Å². The molecule has 2 heteroatoms. The fourth-order valence-corrected chi connectivity index (χ4v) is 2.69. The third-order valence-corrected chi connectivity index (χ3v) is 4.06. The Morgan fingerprint density at radius 1 is 1.07 bits per heavy atom. The number of likely N-dealkylation sites (tertiary alicyclic amines) is 1. The molecular formula is C12H23NO. The lowest BCUT2D eigenvalue weighted by molar-refractivity contribution is -0.00541. The minimum absolute atomic E-state index is 0.00609. The van der Waals surface area contributed by atoms with E-state index in [9.17, 15) is 5.11 Å². The van der Waals surface area contributed by atoms with Crippen LogP contribution in [-0.2, 0) is 0 Å². The lowest BCUT2D eigenvalue weighted by Gasteiger charge is -2.47. The molecule has 0 amide bonds. The summed E-state index contributed by atoms with van der Waals surface area (Å²) in [5.74, 6) is 1.78. The van der Waals surface area contributed by atoms with Crippen LogP contribution in [0.4, 0.5) is 0 Å². The lowest BCUT2D eigenvalue weighted by atomic mass is 9.83. The molecule has 0 radical (unpaired) electrons. The molecule has 1 saturated carbocycles. The van der Waals surface area contributed by atoms with Crippen molar-refractivity contribution in [2.75, 3.05) is 13.1 Å². The van der Waals surface area contributed by atoms with Crippen LogP contribution in [0.25, 0.3) is 0 Å². The molecule has 0 aromatic carbocycles. The van der Waals surface area contributed by atoms with Gasteiger partial charge in [-0.25, -0.2) is 0 Å². The summed E-state index contributed by atoms with van der Waals surface area (Å²) in [6.45, 7) is 7.26. The summed E-state index contributed by atoms with van der Waals surface area (Å²) in [6, 6.07) is 0.786. The first kappa shape index (κ1) is 10.4. The van der Waals surface area contributed by atoms with Gasteiger partial charge in [0.05, 0.1) is 6.10 Å². The number of rotatable bonds is 2. The quantitative estimate of drug-likeness (QED) is 0.730. The largest absolute Gasteiger partial charge is 0.393 e. The van der Waals surface area contributed by atoms with E-state index in [1.807, 2.05) is 0 Å². The van der Waals surface area contributed by atoms with Crippen molar-refractivity contribution in [3.05, 3.63) is 0 Å². The van der Waals surface area contributed by atoms with Crippen LogP contribution in [0.1, 0.15) is 39.5 Å². The van der Waals surface area contributed by atoms with Gasteiger partial charge in [-0.2, -0.15) is 0 Å². The molecule has 0 bridgehead atoms. The van der Waals surface area contributed by atoms with Crippen LogP contribution in [0.2, 0.25) is 0 Å². The standard InChI is InChI=1S/C12H23NO/c1-9(2)10-7-13(8-10)11-3-5-12(14)6-4-11/h9-12,14H,3-8H2,1-2H3. The molecular weight excluding hydrogens is 174 g/mol. The molecule has 1 saturated heterocycles. The van der Waals surface area contributed by atoms with E-state index < -0.39 is 0 Å². The van der Waals surface area contributed by atoms with Crippen molar-refractivity contribution in [1.82, 2.24) is 4.90 Å². The zero-order valence-electron chi connectivity index (χ0n) is 9.45. The molecule has 1 heterocycles. The van der Waals surface area contributed by atoms with Gasteiger partial charge in [0.15, 0.2) is 0 Å². The predicted octanol–water partition coefficient (Wildman–Crippen LogP) is 1.88. The Morgan fingerprint density at radius 3 is 2.14 bits per heavy atom. The Kier molecular flexibility index (Phi) is 3.13. The Labute approximate surface area is 87.3 Å². The fraction of sp³-hybridized carbons (Fsp3) is 1.00. The van der Waals surface area contributed by atoms with Crippen LogP contribution in [-0.4, -0.2) is 35.2 Å². The summed E-state index contributed by atoms with van der Waals surface area (Å²) in [5, 5.41) is 9.42.